The lowest BCUT2D eigenvalue weighted by Crippen LogP contribution is -2.35. The van der Waals surface area contributed by atoms with Gasteiger partial charge in [0.1, 0.15) is 0 Å². The summed E-state index contributed by atoms with van der Waals surface area (Å²) in [5.74, 6) is 1.12. The van der Waals surface area contributed by atoms with Gasteiger partial charge in [0.15, 0.2) is 0 Å². The molecule has 0 saturated heterocycles. The van der Waals surface area contributed by atoms with Gasteiger partial charge < -0.3 is 10.6 Å². The summed E-state index contributed by atoms with van der Waals surface area (Å²) in [5, 5.41) is 0. The van der Waals surface area contributed by atoms with Gasteiger partial charge in [0.2, 0.25) is 5.91 Å². The third kappa shape index (κ3) is 5.07. The fourth-order valence-electron chi connectivity index (χ4n) is 4.48. The van der Waals surface area contributed by atoms with E-state index in [0.717, 1.165) is 64.0 Å². The van der Waals surface area contributed by atoms with Crippen LogP contribution in [0.1, 0.15) is 75.3 Å². The summed E-state index contributed by atoms with van der Waals surface area (Å²) in [6.45, 7) is 1.66. The summed E-state index contributed by atoms with van der Waals surface area (Å²) in [5.41, 5.74) is 9.52. The maximum absolute atomic E-state index is 12.8. The van der Waals surface area contributed by atoms with Gasteiger partial charge in [-0.3, -0.25) is 4.79 Å². The molecule has 1 saturated carbocycles. The minimum atomic E-state index is 0.336. The molecule has 3 heteroatoms. The molecule has 0 unspecified atom stereocenters. The number of fused-ring (bicyclic) bond motifs is 1. The molecule has 2 N–H and O–H groups in total. The molecule has 2 aliphatic rings. The molecule has 0 radical (unpaired) electrons. The van der Waals surface area contributed by atoms with Crippen molar-refractivity contribution >= 4 is 11.6 Å². The van der Waals surface area contributed by atoms with Crippen molar-refractivity contribution in [1.82, 2.24) is 0 Å². The fraction of sp³-hybridized carbons (Fsp3) is 0.682. The normalized spacial score (nSPS) is 18.2. The summed E-state index contributed by atoms with van der Waals surface area (Å²) in [4.78, 5) is 14.9. The molecular formula is C22H34N2O. The van der Waals surface area contributed by atoms with E-state index in [1.165, 1.54) is 48.9 Å². The summed E-state index contributed by atoms with van der Waals surface area (Å²) < 4.78 is 0. The van der Waals surface area contributed by atoms with Crippen LogP contribution in [0.4, 0.5) is 5.69 Å². The first-order valence-corrected chi connectivity index (χ1v) is 10.4. The molecule has 0 spiro atoms. The lowest BCUT2D eigenvalue weighted by atomic mass is 9.86. The number of anilines is 1. The number of hydrogen-bond acceptors (Lipinski definition) is 2. The second-order valence-corrected chi connectivity index (χ2v) is 7.90. The topological polar surface area (TPSA) is 46.3 Å². The van der Waals surface area contributed by atoms with Crippen molar-refractivity contribution in [2.45, 2.75) is 77.0 Å². The molecular weight excluding hydrogens is 308 g/mol. The van der Waals surface area contributed by atoms with Gasteiger partial charge in [-0.15, -0.1) is 0 Å². The highest BCUT2D eigenvalue weighted by Gasteiger charge is 2.23. The second-order valence-electron chi connectivity index (χ2n) is 7.90. The first kappa shape index (κ1) is 18.4. The Labute approximate surface area is 153 Å². The van der Waals surface area contributed by atoms with E-state index in [1.807, 2.05) is 0 Å². The quantitative estimate of drug-likeness (QED) is 0.736. The van der Waals surface area contributed by atoms with E-state index in [4.69, 9.17) is 5.73 Å². The van der Waals surface area contributed by atoms with Crippen LogP contribution < -0.4 is 10.6 Å². The van der Waals surface area contributed by atoms with E-state index in [2.05, 4.69) is 23.1 Å². The number of carbonyl (C=O) groups excluding carboxylic acids is 1. The lowest BCUT2D eigenvalue weighted by molar-refractivity contribution is -0.119. The third-order valence-electron chi connectivity index (χ3n) is 5.97. The highest BCUT2D eigenvalue weighted by atomic mass is 16.2. The SMILES string of the molecule is NCCCCc1ccc2c(c1)CCCN2C(=O)CCC1CCCCC1. The molecule has 1 aromatic carbocycles. The van der Waals surface area contributed by atoms with E-state index in [0.29, 0.717) is 5.91 Å². The zero-order valence-corrected chi connectivity index (χ0v) is 15.6. The zero-order valence-electron chi connectivity index (χ0n) is 15.6. The van der Waals surface area contributed by atoms with E-state index in [1.54, 1.807) is 0 Å². The number of nitrogens with two attached hydrogens (primary N) is 1. The Kier molecular flexibility index (Phi) is 6.92. The molecule has 3 rings (SSSR count). The van der Waals surface area contributed by atoms with Crippen molar-refractivity contribution in [3.05, 3.63) is 29.3 Å². The van der Waals surface area contributed by atoms with Crippen LogP contribution in [-0.4, -0.2) is 19.0 Å². The molecule has 0 atom stereocenters. The van der Waals surface area contributed by atoms with Crippen molar-refractivity contribution in [3.8, 4) is 0 Å². The second kappa shape index (κ2) is 9.38. The smallest absolute Gasteiger partial charge is 0.226 e. The first-order chi connectivity index (χ1) is 12.3. The average molecular weight is 343 g/mol. The monoisotopic (exact) mass is 342 g/mol. The Morgan fingerprint density at radius 1 is 1.12 bits per heavy atom. The zero-order chi connectivity index (χ0) is 17.5. The number of nitrogens with zero attached hydrogens (tertiary/aromatic N) is 1. The van der Waals surface area contributed by atoms with Crippen LogP contribution in [0.3, 0.4) is 0 Å². The van der Waals surface area contributed by atoms with Gasteiger partial charge in [-0.05, 0) is 68.2 Å². The molecule has 0 bridgehead atoms. The fourth-order valence-corrected chi connectivity index (χ4v) is 4.48. The molecule has 1 aromatic rings. The van der Waals surface area contributed by atoms with E-state index in [9.17, 15) is 4.79 Å². The summed E-state index contributed by atoms with van der Waals surface area (Å²) in [6, 6.07) is 6.72. The Morgan fingerprint density at radius 3 is 2.76 bits per heavy atom. The maximum atomic E-state index is 12.8. The summed E-state index contributed by atoms with van der Waals surface area (Å²) in [6.07, 6.45) is 14.1. The summed E-state index contributed by atoms with van der Waals surface area (Å²) >= 11 is 0. The Bertz CT molecular complexity index is 563. The van der Waals surface area contributed by atoms with E-state index >= 15 is 0 Å². The molecule has 1 aliphatic carbocycles. The van der Waals surface area contributed by atoms with Gasteiger partial charge in [-0.1, -0.05) is 44.2 Å². The minimum Gasteiger partial charge on any atom is -0.330 e. The molecule has 138 valence electrons. The third-order valence-corrected chi connectivity index (χ3v) is 5.97. The summed E-state index contributed by atoms with van der Waals surface area (Å²) in [7, 11) is 0. The highest BCUT2D eigenvalue weighted by Crippen LogP contribution is 2.31. The molecule has 1 fully saturated rings. The Morgan fingerprint density at radius 2 is 1.96 bits per heavy atom. The Hall–Kier alpha value is -1.35. The lowest BCUT2D eigenvalue weighted by Gasteiger charge is -2.31. The number of amides is 1. The van der Waals surface area contributed by atoms with Crippen LogP contribution >= 0.6 is 0 Å². The minimum absolute atomic E-state index is 0.336. The van der Waals surface area contributed by atoms with Gasteiger partial charge >= 0.3 is 0 Å². The molecule has 3 nitrogen and oxygen atoms in total. The predicted octanol–water partition coefficient (Wildman–Crippen LogP) is 4.61. The number of benzene rings is 1. The van der Waals surface area contributed by atoms with E-state index in [-0.39, 0.29) is 0 Å². The largest absolute Gasteiger partial charge is 0.330 e. The number of aryl methyl sites for hydroxylation is 2. The van der Waals surface area contributed by atoms with Crippen molar-refractivity contribution in [3.63, 3.8) is 0 Å². The molecule has 25 heavy (non-hydrogen) atoms. The van der Waals surface area contributed by atoms with E-state index < -0.39 is 0 Å². The Balaban J connectivity index is 1.59. The van der Waals surface area contributed by atoms with Crippen LogP contribution in [0.2, 0.25) is 0 Å². The molecule has 0 aromatic heterocycles. The van der Waals surface area contributed by atoms with Crippen molar-refractivity contribution in [2.75, 3.05) is 18.0 Å². The first-order valence-electron chi connectivity index (χ1n) is 10.4. The van der Waals surface area contributed by atoms with Crippen LogP contribution in [0.25, 0.3) is 0 Å². The predicted molar refractivity (Wildman–Crippen MR) is 105 cm³/mol. The van der Waals surface area contributed by atoms with Gasteiger partial charge in [-0.2, -0.15) is 0 Å². The van der Waals surface area contributed by atoms with Crippen LogP contribution in [0, 0.1) is 5.92 Å². The standard InChI is InChI=1S/C22H34N2O/c23-15-5-4-9-19-11-13-21-20(17-19)10-6-16-24(21)22(25)14-12-18-7-2-1-3-8-18/h11,13,17-18H,1-10,12,14-16,23H2. The molecule has 1 aliphatic heterocycles. The van der Waals surface area contributed by atoms with Gasteiger partial charge in [0.25, 0.3) is 0 Å². The van der Waals surface area contributed by atoms with Crippen molar-refractivity contribution in [1.29, 1.82) is 0 Å². The van der Waals surface area contributed by atoms with Crippen LogP contribution in [0.5, 0.6) is 0 Å². The van der Waals surface area contributed by atoms with Crippen molar-refractivity contribution < 1.29 is 4.79 Å². The van der Waals surface area contributed by atoms with Gasteiger partial charge in [-0.25, -0.2) is 0 Å². The van der Waals surface area contributed by atoms with Crippen LogP contribution in [0.15, 0.2) is 18.2 Å². The number of unbranched alkanes of at least 4 members (excludes halogenated alkanes) is 1. The van der Waals surface area contributed by atoms with Crippen LogP contribution in [-0.2, 0) is 17.6 Å². The van der Waals surface area contributed by atoms with Gasteiger partial charge in [0.05, 0.1) is 0 Å². The highest BCUT2D eigenvalue weighted by molar-refractivity contribution is 5.94. The maximum Gasteiger partial charge on any atom is 0.226 e. The molecule has 1 heterocycles. The number of rotatable bonds is 7. The average Bonchev–Trinajstić information content (AvgIpc) is 2.66. The van der Waals surface area contributed by atoms with Crippen molar-refractivity contribution in [2.24, 2.45) is 11.7 Å². The molecule has 1 amide bonds. The van der Waals surface area contributed by atoms with Gasteiger partial charge in [0, 0.05) is 18.7 Å². The number of hydrogen-bond donors (Lipinski definition) is 1. The number of carbonyl (C=O) groups is 1.